The van der Waals surface area contributed by atoms with Gasteiger partial charge in [-0.1, -0.05) is 37.3 Å². The molecule has 2 rings (SSSR count). The summed E-state index contributed by atoms with van der Waals surface area (Å²) in [6.45, 7) is 2.76. The lowest BCUT2D eigenvalue weighted by atomic mass is 10.2. The van der Waals surface area contributed by atoms with E-state index in [1.807, 2.05) is 30.3 Å². The first-order valence-corrected chi connectivity index (χ1v) is 6.27. The molecule has 0 aliphatic heterocycles. The molecule has 1 aromatic heterocycles. The average Bonchev–Trinajstić information content (AvgIpc) is 2.86. The quantitative estimate of drug-likeness (QED) is 0.853. The summed E-state index contributed by atoms with van der Waals surface area (Å²) in [4.78, 5) is 11.8. The summed E-state index contributed by atoms with van der Waals surface area (Å²) in [6, 6.07) is 11.8. The number of aromatic nitrogens is 2. The van der Waals surface area contributed by atoms with Crippen LogP contribution in [0.25, 0.3) is 0 Å². The first-order valence-electron chi connectivity index (χ1n) is 6.27. The van der Waals surface area contributed by atoms with Gasteiger partial charge in [0.2, 0.25) is 5.91 Å². The highest BCUT2D eigenvalue weighted by atomic mass is 16.2. The van der Waals surface area contributed by atoms with Crippen LogP contribution in [0, 0.1) is 5.92 Å². The van der Waals surface area contributed by atoms with E-state index in [9.17, 15) is 4.79 Å². The van der Waals surface area contributed by atoms with Crippen molar-refractivity contribution in [1.29, 1.82) is 0 Å². The van der Waals surface area contributed by atoms with Gasteiger partial charge in [-0.15, -0.1) is 0 Å². The molecule has 0 aliphatic carbocycles. The van der Waals surface area contributed by atoms with Crippen molar-refractivity contribution in [2.24, 2.45) is 11.7 Å². The van der Waals surface area contributed by atoms with Crippen molar-refractivity contribution < 1.29 is 4.79 Å². The fourth-order valence-corrected chi connectivity index (χ4v) is 1.68. The summed E-state index contributed by atoms with van der Waals surface area (Å²) in [7, 11) is 0. The van der Waals surface area contributed by atoms with Crippen LogP contribution in [0.1, 0.15) is 12.5 Å². The molecule has 0 aliphatic rings. The fourth-order valence-electron chi connectivity index (χ4n) is 1.68. The van der Waals surface area contributed by atoms with Crippen molar-refractivity contribution in [2.45, 2.75) is 13.5 Å². The number of carbonyl (C=O) groups excluding carboxylic acids is 1. The average molecular weight is 258 g/mol. The second kappa shape index (κ2) is 6.15. The first kappa shape index (κ1) is 13.3. The molecule has 1 unspecified atom stereocenters. The van der Waals surface area contributed by atoms with Gasteiger partial charge in [0.1, 0.15) is 5.82 Å². The zero-order chi connectivity index (χ0) is 13.7. The van der Waals surface area contributed by atoms with Crippen LogP contribution in [-0.2, 0) is 11.3 Å². The van der Waals surface area contributed by atoms with Gasteiger partial charge in [0, 0.05) is 18.5 Å². The second-order valence-electron chi connectivity index (χ2n) is 4.49. The van der Waals surface area contributed by atoms with E-state index in [-0.39, 0.29) is 11.8 Å². The number of rotatable bonds is 5. The number of amides is 1. The highest BCUT2D eigenvalue weighted by molar-refractivity contribution is 5.91. The van der Waals surface area contributed by atoms with E-state index in [0.717, 1.165) is 5.56 Å². The predicted molar refractivity (Wildman–Crippen MR) is 74.6 cm³/mol. The maximum absolute atomic E-state index is 11.8. The van der Waals surface area contributed by atoms with E-state index in [1.54, 1.807) is 23.9 Å². The standard InChI is InChI=1S/C14H18N4O/c1-11(9-15)14(19)17-13-7-8-16-18(13)10-12-5-3-2-4-6-12/h2-8,11H,9-10,15H2,1H3,(H,17,19). The van der Waals surface area contributed by atoms with Crippen LogP contribution >= 0.6 is 0 Å². The van der Waals surface area contributed by atoms with Gasteiger partial charge >= 0.3 is 0 Å². The smallest absolute Gasteiger partial charge is 0.229 e. The fraction of sp³-hybridized carbons (Fsp3) is 0.286. The minimum Gasteiger partial charge on any atom is -0.330 e. The normalized spacial score (nSPS) is 12.1. The number of nitrogens with two attached hydrogens (primary N) is 1. The minimum absolute atomic E-state index is 0.0858. The molecular formula is C14H18N4O. The van der Waals surface area contributed by atoms with Gasteiger partial charge in [-0.25, -0.2) is 4.68 Å². The molecule has 0 spiro atoms. The van der Waals surface area contributed by atoms with Gasteiger partial charge < -0.3 is 11.1 Å². The molecule has 5 heteroatoms. The van der Waals surface area contributed by atoms with Gasteiger partial charge in [0.25, 0.3) is 0 Å². The van der Waals surface area contributed by atoms with Crippen LogP contribution in [-0.4, -0.2) is 22.2 Å². The Hall–Kier alpha value is -2.14. The third-order valence-corrected chi connectivity index (χ3v) is 2.94. The number of hydrogen-bond donors (Lipinski definition) is 2. The number of hydrogen-bond acceptors (Lipinski definition) is 3. The molecule has 19 heavy (non-hydrogen) atoms. The third kappa shape index (κ3) is 3.42. The Balaban J connectivity index is 2.08. The molecule has 0 saturated heterocycles. The number of benzene rings is 1. The summed E-state index contributed by atoms with van der Waals surface area (Å²) in [5.41, 5.74) is 6.61. The van der Waals surface area contributed by atoms with Crippen LogP contribution in [0.15, 0.2) is 42.6 Å². The molecule has 1 atom stereocenters. The van der Waals surface area contributed by atoms with Crippen molar-refractivity contribution in [1.82, 2.24) is 9.78 Å². The number of nitrogens with one attached hydrogen (secondary N) is 1. The zero-order valence-corrected chi connectivity index (χ0v) is 10.9. The molecule has 100 valence electrons. The van der Waals surface area contributed by atoms with E-state index in [0.29, 0.717) is 18.9 Å². The van der Waals surface area contributed by atoms with E-state index >= 15 is 0 Å². The van der Waals surface area contributed by atoms with Gasteiger partial charge in [-0.05, 0) is 5.56 Å². The van der Waals surface area contributed by atoms with Crippen molar-refractivity contribution in [2.75, 3.05) is 11.9 Å². The molecule has 0 bridgehead atoms. The van der Waals surface area contributed by atoms with Crippen LogP contribution in [0.2, 0.25) is 0 Å². The summed E-state index contributed by atoms with van der Waals surface area (Å²) in [5.74, 6) is 0.395. The van der Waals surface area contributed by atoms with Crippen molar-refractivity contribution in [3.8, 4) is 0 Å². The summed E-state index contributed by atoms with van der Waals surface area (Å²) in [5, 5.41) is 7.06. The van der Waals surface area contributed by atoms with Crippen molar-refractivity contribution in [3.63, 3.8) is 0 Å². The van der Waals surface area contributed by atoms with Gasteiger partial charge in [0.15, 0.2) is 0 Å². The topological polar surface area (TPSA) is 72.9 Å². The lowest BCUT2D eigenvalue weighted by Gasteiger charge is -2.12. The Morgan fingerprint density at radius 3 is 2.79 bits per heavy atom. The highest BCUT2D eigenvalue weighted by Crippen LogP contribution is 2.11. The van der Waals surface area contributed by atoms with Gasteiger partial charge in [-0.3, -0.25) is 4.79 Å². The summed E-state index contributed by atoms with van der Waals surface area (Å²) in [6.07, 6.45) is 1.67. The van der Waals surface area contributed by atoms with E-state index < -0.39 is 0 Å². The molecule has 1 amide bonds. The van der Waals surface area contributed by atoms with Crippen LogP contribution in [0.5, 0.6) is 0 Å². The highest BCUT2D eigenvalue weighted by Gasteiger charge is 2.13. The van der Waals surface area contributed by atoms with Crippen LogP contribution in [0.4, 0.5) is 5.82 Å². The molecule has 1 aromatic carbocycles. The number of anilines is 1. The molecule has 0 fully saturated rings. The molecule has 0 saturated carbocycles. The number of carbonyl (C=O) groups is 1. The van der Waals surface area contributed by atoms with Crippen LogP contribution in [0.3, 0.4) is 0 Å². The lowest BCUT2D eigenvalue weighted by Crippen LogP contribution is -2.27. The first-order chi connectivity index (χ1) is 9.20. The Bertz CT molecular complexity index is 535. The molecule has 3 N–H and O–H groups in total. The molecular weight excluding hydrogens is 240 g/mol. The van der Waals surface area contributed by atoms with E-state index in [2.05, 4.69) is 10.4 Å². The zero-order valence-electron chi connectivity index (χ0n) is 10.9. The van der Waals surface area contributed by atoms with Crippen molar-refractivity contribution >= 4 is 11.7 Å². The SMILES string of the molecule is CC(CN)C(=O)Nc1ccnn1Cc1ccccc1. The Labute approximate surface area is 112 Å². The third-order valence-electron chi connectivity index (χ3n) is 2.94. The Morgan fingerprint density at radius 1 is 1.37 bits per heavy atom. The maximum Gasteiger partial charge on any atom is 0.229 e. The molecule has 2 aromatic rings. The second-order valence-corrected chi connectivity index (χ2v) is 4.49. The number of nitrogens with zero attached hydrogens (tertiary/aromatic N) is 2. The maximum atomic E-state index is 11.8. The van der Waals surface area contributed by atoms with E-state index in [4.69, 9.17) is 5.73 Å². The molecule has 5 nitrogen and oxygen atoms in total. The minimum atomic E-state index is -0.208. The Kier molecular flexibility index (Phi) is 4.30. The monoisotopic (exact) mass is 258 g/mol. The van der Waals surface area contributed by atoms with Gasteiger partial charge in [-0.2, -0.15) is 5.10 Å². The van der Waals surface area contributed by atoms with Gasteiger partial charge in [0.05, 0.1) is 12.7 Å². The van der Waals surface area contributed by atoms with E-state index in [1.165, 1.54) is 0 Å². The van der Waals surface area contributed by atoms with Crippen molar-refractivity contribution in [3.05, 3.63) is 48.2 Å². The van der Waals surface area contributed by atoms with Crippen LogP contribution < -0.4 is 11.1 Å². The Morgan fingerprint density at radius 2 is 2.11 bits per heavy atom. The summed E-state index contributed by atoms with van der Waals surface area (Å²) >= 11 is 0. The summed E-state index contributed by atoms with van der Waals surface area (Å²) < 4.78 is 1.76. The molecule has 0 radical (unpaired) electrons. The largest absolute Gasteiger partial charge is 0.330 e. The predicted octanol–water partition coefficient (Wildman–Crippen LogP) is 1.46. The lowest BCUT2D eigenvalue weighted by molar-refractivity contribution is -0.119. The molecule has 1 heterocycles.